The maximum absolute atomic E-state index is 5.36. The monoisotopic (exact) mass is 321 g/mol. The Bertz CT molecular complexity index is 444. The van der Waals surface area contributed by atoms with Crippen molar-refractivity contribution in [3.05, 3.63) is 29.8 Å². The average Bonchev–Trinajstić information content (AvgIpc) is 2.43. The van der Waals surface area contributed by atoms with Gasteiger partial charge in [-0.1, -0.05) is 26.0 Å². The molecule has 0 saturated carbocycles. The third-order valence-electron chi connectivity index (χ3n) is 3.82. The minimum absolute atomic E-state index is 0.548. The van der Waals surface area contributed by atoms with Crippen molar-refractivity contribution in [2.75, 3.05) is 18.4 Å². The van der Waals surface area contributed by atoms with Crippen LogP contribution in [0.2, 0.25) is 0 Å². The zero-order valence-electron chi connectivity index (χ0n) is 14.8. The average molecular weight is 322 g/mol. The molecule has 0 radical (unpaired) electrons. The third-order valence-corrected chi connectivity index (χ3v) is 4.06. The van der Waals surface area contributed by atoms with E-state index in [-0.39, 0.29) is 0 Å². The van der Waals surface area contributed by atoms with Gasteiger partial charge in [0.2, 0.25) is 0 Å². The molecule has 0 bridgehead atoms. The molecular formula is C18H31N3S. The summed E-state index contributed by atoms with van der Waals surface area (Å²) in [5, 5.41) is 7.21. The molecule has 1 aromatic rings. The second-order valence-electron chi connectivity index (χ2n) is 6.58. The van der Waals surface area contributed by atoms with E-state index in [4.69, 9.17) is 12.2 Å². The molecule has 2 N–H and O–H groups in total. The molecule has 1 rings (SSSR count). The van der Waals surface area contributed by atoms with Crippen LogP contribution in [0.15, 0.2) is 24.3 Å². The number of thiocarbonyl (C=S) groups is 1. The summed E-state index contributed by atoms with van der Waals surface area (Å²) in [5.74, 6) is 0.553. The number of anilines is 1. The van der Waals surface area contributed by atoms with Crippen molar-refractivity contribution in [1.82, 2.24) is 10.2 Å². The van der Waals surface area contributed by atoms with Crippen molar-refractivity contribution in [3.8, 4) is 0 Å². The molecular weight excluding hydrogens is 290 g/mol. The van der Waals surface area contributed by atoms with Crippen LogP contribution < -0.4 is 10.6 Å². The molecule has 0 aliphatic carbocycles. The predicted molar refractivity (Wildman–Crippen MR) is 102 cm³/mol. The first-order chi connectivity index (χ1) is 10.3. The fraction of sp³-hybridized carbons (Fsp3) is 0.611. The number of hydrogen-bond donors (Lipinski definition) is 2. The van der Waals surface area contributed by atoms with Gasteiger partial charge in [0.25, 0.3) is 0 Å². The van der Waals surface area contributed by atoms with Crippen molar-refractivity contribution < 1.29 is 0 Å². The fourth-order valence-corrected chi connectivity index (χ4v) is 2.76. The normalized spacial score (nSPS) is 11.5. The van der Waals surface area contributed by atoms with Crippen LogP contribution in [0.1, 0.15) is 53.0 Å². The Morgan fingerprint density at radius 3 is 2.00 bits per heavy atom. The molecule has 0 aliphatic rings. The highest BCUT2D eigenvalue weighted by atomic mass is 32.1. The van der Waals surface area contributed by atoms with Crippen LogP contribution in [-0.2, 0) is 0 Å². The first-order valence-corrected chi connectivity index (χ1v) is 8.62. The van der Waals surface area contributed by atoms with E-state index in [1.807, 2.05) is 0 Å². The Morgan fingerprint density at radius 2 is 1.55 bits per heavy atom. The molecule has 0 amide bonds. The Kier molecular flexibility index (Phi) is 7.83. The molecule has 0 atom stereocenters. The van der Waals surface area contributed by atoms with Crippen molar-refractivity contribution in [2.24, 2.45) is 0 Å². The van der Waals surface area contributed by atoms with E-state index in [0.717, 1.165) is 18.8 Å². The lowest BCUT2D eigenvalue weighted by molar-refractivity contribution is 0.178. The predicted octanol–water partition coefficient (Wildman–Crippen LogP) is 4.22. The summed E-state index contributed by atoms with van der Waals surface area (Å²) >= 11 is 5.36. The van der Waals surface area contributed by atoms with Crippen LogP contribution in [0.5, 0.6) is 0 Å². The van der Waals surface area contributed by atoms with Gasteiger partial charge in [0.05, 0.1) is 0 Å². The lowest BCUT2D eigenvalue weighted by Crippen LogP contribution is -2.43. The Balaban J connectivity index is 2.40. The summed E-state index contributed by atoms with van der Waals surface area (Å²) in [6.45, 7) is 15.2. The fourth-order valence-electron chi connectivity index (χ4n) is 2.54. The maximum Gasteiger partial charge on any atom is 0.170 e. The second-order valence-corrected chi connectivity index (χ2v) is 6.99. The van der Waals surface area contributed by atoms with Crippen LogP contribution in [0.25, 0.3) is 0 Å². The maximum atomic E-state index is 5.36. The van der Waals surface area contributed by atoms with Gasteiger partial charge < -0.3 is 10.6 Å². The molecule has 124 valence electrons. The van der Waals surface area contributed by atoms with E-state index in [9.17, 15) is 0 Å². The van der Waals surface area contributed by atoms with E-state index >= 15 is 0 Å². The molecule has 0 spiro atoms. The van der Waals surface area contributed by atoms with Gasteiger partial charge in [-0.15, -0.1) is 0 Å². The minimum Gasteiger partial charge on any atom is -0.361 e. The quantitative estimate of drug-likeness (QED) is 0.736. The van der Waals surface area contributed by atoms with Gasteiger partial charge >= 0.3 is 0 Å². The first kappa shape index (κ1) is 18.9. The molecule has 1 aromatic carbocycles. The molecule has 0 unspecified atom stereocenters. The van der Waals surface area contributed by atoms with Crippen molar-refractivity contribution in [2.45, 2.75) is 59.5 Å². The van der Waals surface area contributed by atoms with Gasteiger partial charge in [0, 0.05) is 30.9 Å². The van der Waals surface area contributed by atoms with Gasteiger partial charge in [-0.25, -0.2) is 0 Å². The van der Waals surface area contributed by atoms with Crippen LogP contribution in [0.3, 0.4) is 0 Å². The minimum atomic E-state index is 0.548. The zero-order valence-corrected chi connectivity index (χ0v) is 15.6. The third kappa shape index (κ3) is 6.32. The summed E-state index contributed by atoms with van der Waals surface area (Å²) in [5.41, 5.74) is 2.38. The summed E-state index contributed by atoms with van der Waals surface area (Å²) in [6.07, 6.45) is 0. The van der Waals surface area contributed by atoms with Crippen molar-refractivity contribution in [1.29, 1.82) is 0 Å². The molecule has 0 aromatic heterocycles. The van der Waals surface area contributed by atoms with E-state index in [2.05, 4.69) is 81.3 Å². The van der Waals surface area contributed by atoms with Gasteiger partial charge in [-0.05, 0) is 63.5 Å². The van der Waals surface area contributed by atoms with Crippen molar-refractivity contribution in [3.63, 3.8) is 0 Å². The van der Waals surface area contributed by atoms with Crippen LogP contribution in [0.4, 0.5) is 5.69 Å². The standard InChI is InChI=1S/C18H31N3S/c1-13(2)16-7-9-17(10-8-16)20-18(22)19-11-12-21(14(3)4)15(5)6/h7-10,13-15H,11-12H2,1-6H3,(H2,19,20,22). The van der Waals surface area contributed by atoms with E-state index in [1.54, 1.807) is 0 Å². The zero-order chi connectivity index (χ0) is 16.7. The molecule has 0 aliphatic heterocycles. The largest absolute Gasteiger partial charge is 0.361 e. The van der Waals surface area contributed by atoms with E-state index < -0.39 is 0 Å². The first-order valence-electron chi connectivity index (χ1n) is 8.21. The lowest BCUT2D eigenvalue weighted by Gasteiger charge is -2.30. The molecule has 4 heteroatoms. The Labute approximate surface area is 141 Å². The summed E-state index contributed by atoms with van der Waals surface area (Å²) < 4.78 is 0. The van der Waals surface area contributed by atoms with Crippen LogP contribution in [-0.4, -0.2) is 35.2 Å². The van der Waals surface area contributed by atoms with E-state index in [0.29, 0.717) is 23.1 Å². The number of rotatable bonds is 7. The molecule has 0 saturated heterocycles. The van der Waals surface area contributed by atoms with Gasteiger partial charge in [0.1, 0.15) is 0 Å². The van der Waals surface area contributed by atoms with Crippen LogP contribution >= 0.6 is 12.2 Å². The van der Waals surface area contributed by atoms with E-state index in [1.165, 1.54) is 5.56 Å². The molecule has 0 fully saturated rings. The van der Waals surface area contributed by atoms with Gasteiger partial charge in [-0.3, -0.25) is 4.90 Å². The highest BCUT2D eigenvalue weighted by Crippen LogP contribution is 2.16. The van der Waals surface area contributed by atoms with Crippen molar-refractivity contribution >= 4 is 23.0 Å². The SMILES string of the molecule is CC(C)c1ccc(NC(=S)NCCN(C(C)C)C(C)C)cc1. The number of nitrogens with one attached hydrogen (secondary N) is 2. The van der Waals surface area contributed by atoms with Crippen LogP contribution in [0, 0.1) is 0 Å². The smallest absolute Gasteiger partial charge is 0.170 e. The Hall–Kier alpha value is -1.13. The second kappa shape index (κ2) is 9.11. The summed E-state index contributed by atoms with van der Waals surface area (Å²) in [4.78, 5) is 2.45. The van der Waals surface area contributed by atoms with Gasteiger partial charge in [0.15, 0.2) is 5.11 Å². The molecule has 0 heterocycles. The lowest BCUT2D eigenvalue weighted by atomic mass is 10.0. The highest BCUT2D eigenvalue weighted by molar-refractivity contribution is 7.80. The van der Waals surface area contributed by atoms with Gasteiger partial charge in [-0.2, -0.15) is 0 Å². The number of hydrogen-bond acceptors (Lipinski definition) is 2. The highest BCUT2D eigenvalue weighted by Gasteiger charge is 2.12. The molecule has 22 heavy (non-hydrogen) atoms. The number of nitrogens with zero attached hydrogens (tertiary/aromatic N) is 1. The Morgan fingerprint density at radius 1 is 1.00 bits per heavy atom. The number of benzene rings is 1. The molecule has 3 nitrogen and oxygen atoms in total. The summed E-state index contributed by atoms with van der Waals surface area (Å²) in [6, 6.07) is 9.55. The topological polar surface area (TPSA) is 27.3 Å². The summed E-state index contributed by atoms with van der Waals surface area (Å²) in [7, 11) is 0.